The first-order valence-corrected chi connectivity index (χ1v) is 7.69. The van der Waals surface area contributed by atoms with Crippen LogP contribution in [0.4, 0.5) is 5.82 Å². The van der Waals surface area contributed by atoms with Crippen LogP contribution in [0.2, 0.25) is 0 Å². The lowest BCUT2D eigenvalue weighted by Crippen LogP contribution is -2.13. The predicted octanol–water partition coefficient (Wildman–Crippen LogP) is 2.50. The van der Waals surface area contributed by atoms with Crippen molar-refractivity contribution in [3.05, 3.63) is 81.9 Å². The molecule has 0 unspecified atom stereocenters. The van der Waals surface area contributed by atoms with Crippen LogP contribution in [0.1, 0.15) is 16.7 Å². The SMILES string of the molecule is Cc1ccccc1COc1ccc(/C=N/Nc2cn[nH]c(=O)n2)cc1. The van der Waals surface area contributed by atoms with Crippen LogP contribution in [0.15, 0.2) is 64.6 Å². The number of anilines is 1. The summed E-state index contributed by atoms with van der Waals surface area (Å²) in [7, 11) is 0. The maximum absolute atomic E-state index is 11.0. The Morgan fingerprint density at radius 3 is 2.76 bits per heavy atom. The third kappa shape index (κ3) is 4.74. The summed E-state index contributed by atoms with van der Waals surface area (Å²) in [5.74, 6) is 1.06. The molecule has 7 nitrogen and oxygen atoms in total. The van der Waals surface area contributed by atoms with Crippen LogP contribution in [0.5, 0.6) is 5.75 Å². The number of aromatic nitrogens is 3. The Kier molecular flexibility index (Phi) is 5.16. The molecule has 0 atom stereocenters. The van der Waals surface area contributed by atoms with Gasteiger partial charge in [0.2, 0.25) is 0 Å². The number of aryl methyl sites for hydroxylation is 1. The van der Waals surface area contributed by atoms with Gasteiger partial charge in [-0.25, -0.2) is 9.89 Å². The van der Waals surface area contributed by atoms with E-state index < -0.39 is 5.69 Å². The molecule has 25 heavy (non-hydrogen) atoms. The maximum Gasteiger partial charge on any atom is 0.363 e. The number of benzene rings is 2. The molecule has 1 aromatic heterocycles. The van der Waals surface area contributed by atoms with Gasteiger partial charge in [0.05, 0.1) is 12.4 Å². The van der Waals surface area contributed by atoms with Gasteiger partial charge in [-0.3, -0.25) is 5.43 Å². The number of hydrazone groups is 1. The van der Waals surface area contributed by atoms with E-state index in [4.69, 9.17) is 4.74 Å². The summed E-state index contributed by atoms with van der Waals surface area (Å²) in [6.45, 7) is 2.60. The number of hydrogen-bond donors (Lipinski definition) is 2. The molecule has 126 valence electrons. The average molecular weight is 335 g/mol. The quantitative estimate of drug-likeness (QED) is 0.533. The van der Waals surface area contributed by atoms with E-state index in [1.165, 1.54) is 11.8 Å². The van der Waals surface area contributed by atoms with E-state index >= 15 is 0 Å². The fourth-order valence-electron chi connectivity index (χ4n) is 2.12. The molecule has 0 amide bonds. The van der Waals surface area contributed by atoms with Crippen molar-refractivity contribution in [2.45, 2.75) is 13.5 Å². The zero-order valence-electron chi connectivity index (χ0n) is 13.6. The number of H-pyrrole nitrogens is 1. The first-order chi connectivity index (χ1) is 12.2. The molecule has 0 aliphatic rings. The molecule has 0 saturated heterocycles. The third-order valence-corrected chi connectivity index (χ3v) is 3.50. The van der Waals surface area contributed by atoms with Gasteiger partial charge in [0.15, 0.2) is 5.82 Å². The standard InChI is InChI=1S/C18H17N5O2/c1-13-4-2-3-5-15(13)12-25-16-8-6-14(7-9-16)10-19-22-17-11-20-23-18(24)21-17/h2-11H,12H2,1H3,(H2,21,22,23,24)/b19-10+. The highest BCUT2D eigenvalue weighted by molar-refractivity contribution is 5.80. The van der Waals surface area contributed by atoms with Crippen molar-refractivity contribution in [1.82, 2.24) is 15.2 Å². The van der Waals surface area contributed by atoms with Gasteiger partial charge in [0.25, 0.3) is 0 Å². The van der Waals surface area contributed by atoms with Crippen molar-refractivity contribution in [3.63, 3.8) is 0 Å². The van der Waals surface area contributed by atoms with Crippen molar-refractivity contribution in [3.8, 4) is 5.75 Å². The topological polar surface area (TPSA) is 92.3 Å². The minimum absolute atomic E-state index is 0.276. The number of rotatable bonds is 6. The second kappa shape index (κ2) is 7.87. The first-order valence-electron chi connectivity index (χ1n) is 7.69. The number of nitrogens with zero attached hydrogens (tertiary/aromatic N) is 3. The molecule has 0 aliphatic carbocycles. The molecule has 7 heteroatoms. The Balaban J connectivity index is 1.56. The van der Waals surface area contributed by atoms with Crippen LogP contribution in [0, 0.1) is 6.92 Å². The second-order valence-electron chi connectivity index (χ2n) is 5.33. The molecule has 3 rings (SSSR count). The molecule has 1 heterocycles. The molecular weight excluding hydrogens is 318 g/mol. The molecule has 3 aromatic rings. The number of ether oxygens (including phenoxy) is 1. The van der Waals surface area contributed by atoms with Crippen molar-refractivity contribution in [1.29, 1.82) is 0 Å². The molecule has 2 aromatic carbocycles. The van der Waals surface area contributed by atoms with Crippen LogP contribution in [0.25, 0.3) is 0 Å². The summed E-state index contributed by atoms with van der Waals surface area (Å²) in [4.78, 5) is 14.7. The van der Waals surface area contributed by atoms with Crippen molar-refractivity contribution < 1.29 is 4.74 Å². The van der Waals surface area contributed by atoms with Crippen LogP contribution in [-0.4, -0.2) is 21.4 Å². The minimum atomic E-state index is -0.532. The summed E-state index contributed by atoms with van der Waals surface area (Å²) >= 11 is 0. The summed E-state index contributed by atoms with van der Waals surface area (Å²) < 4.78 is 5.80. The monoisotopic (exact) mass is 335 g/mol. The fourth-order valence-corrected chi connectivity index (χ4v) is 2.12. The molecule has 0 aliphatic heterocycles. The van der Waals surface area contributed by atoms with E-state index in [1.807, 2.05) is 36.4 Å². The molecular formula is C18H17N5O2. The van der Waals surface area contributed by atoms with Crippen molar-refractivity contribution in [2.75, 3.05) is 5.43 Å². The Labute approximate surface area is 144 Å². The number of hydrogen-bond acceptors (Lipinski definition) is 6. The summed E-state index contributed by atoms with van der Waals surface area (Å²) in [6, 6.07) is 15.7. The Morgan fingerprint density at radius 2 is 2.00 bits per heavy atom. The largest absolute Gasteiger partial charge is 0.489 e. The van der Waals surface area contributed by atoms with Gasteiger partial charge in [0, 0.05) is 0 Å². The van der Waals surface area contributed by atoms with Gasteiger partial charge < -0.3 is 4.74 Å². The summed E-state index contributed by atoms with van der Waals surface area (Å²) in [5, 5.41) is 9.83. The van der Waals surface area contributed by atoms with Crippen LogP contribution < -0.4 is 15.9 Å². The van der Waals surface area contributed by atoms with E-state index in [0.717, 1.165) is 16.9 Å². The summed E-state index contributed by atoms with van der Waals surface area (Å²) in [5.41, 5.74) is 5.37. The third-order valence-electron chi connectivity index (χ3n) is 3.50. The maximum atomic E-state index is 11.0. The minimum Gasteiger partial charge on any atom is -0.489 e. The summed E-state index contributed by atoms with van der Waals surface area (Å²) in [6.07, 6.45) is 3.00. The lowest BCUT2D eigenvalue weighted by Gasteiger charge is -2.08. The van der Waals surface area contributed by atoms with Crippen LogP contribution in [0.3, 0.4) is 0 Å². The highest BCUT2D eigenvalue weighted by atomic mass is 16.5. The Morgan fingerprint density at radius 1 is 1.20 bits per heavy atom. The molecule has 0 saturated carbocycles. The fraction of sp³-hybridized carbons (Fsp3) is 0.111. The molecule has 0 spiro atoms. The van der Waals surface area contributed by atoms with Crippen LogP contribution >= 0.6 is 0 Å². The molecule has 2 N–H and O–H groups in total. The second-order valence-corrected chi connectivity index (χ2v) is 5.33. The smallest absolute Gasteiger partial charge is 0.363 e. The van der Waals surface area contributed by atoms with Gasteiger partial charge >= 0.3 is 5.69 Å². The van der Waals surface area contributed by atoms with Crippen LogP contribution in [-0.2, 0) is 6.61 Å². The van der Waals surface area contributed by atoms with Gasteiger partial charge in [-0.1, -0.05) is 24.3 Å². The lowest BCUT2D eigenvalue weighted by atomic mass is 10.1. The normalized spacial score (nSPS) is 10.8. The Bertz CT molecular complexity index is 919. The van der Waals surface area contributed by atoms with E-state index in [9.17, 15) is 4.79 Å². The van der Waals surface area contributed by atoms with E-state index in [-0.39, 0.29) is 5.82 Å². The van der Waals surface area contributed by atoms with Gasteiger partial charge in [-0.05, 0) is 47.9 Å². The van der Waals surface area contributed by atoms with Gasteiger partial charge in [-0.15, -0.1) is 0 Å². The number of nitrogens with one attached hydrogen (secondary N) is 2. The number of aromatic amines is 1. The molecule has 0 bridgehead atoms. The van der Waals surface area contributed by atoms with Crippen molar-refractivity contribution >= 4 is 12.0 Å². The molecule has 0 fully saturated rings. The zero-order valence-corrected chi connectivity index (χ0v) is 13.6. The highest BCUT2D eigenvalue weighted by Crippen LogP contribution is 2.15. The molecule has 0 radical (unpaired) electrons. The first kappa shape index (κ1) is 16.4. The van der Waals surface area contributed by atoms with Gasteiger partial charge in [0.1, 0.15) is 12.4 Å². The van der Waals surface area contributed by atoms with E-state index in [2.05, 4.69) is 44.8 Å². The lowest BCUT2D eigenvalue weighted by molar-refractivity contribution is 0.305. The zero-order chi connectivity index (χ0) is 17.5. The van der Waals surface area contributed by atoms with E-state index in [1.54, 1.807) is 6.21 Å². The van der Waals surface area contributed by atoms with Gasteiger partial charge in [-0.2, -0.15) is 15.2 Å². The van der Waals surface area contributed by atoms with E-state index in [0.29, 0.717) is 6.61 Å². The average Bonchev–Trinajstić information content (AvgIpc) is 2.62. The predicted molar refractivity (Wildman–Crippen MR) is 95.8 cm³/mol. The highest BCUT2D eigenvalue weighted by Gasteiger charge is 1.99. The van der Waals surface area contributed by atoms with Crippen molar-refractivity contribution in [2.24, 2.45) is 5.10 Å². The Hall–Kier alpha value is -3.48.